The highest BCUT2D eigenvalue weighted by atomic mass is 16.3. The van der Waals surface area contributed by atoms with Gasteiger partial charge in [0.1, 0.15) is 5.58 Å². The lowest BCUT2D eigenvalue weighted by Crippen LogP contribution is -2.51. The fourth-order valence-electron chi connectivity index (χ4n) is 3.28. The smallest absolute Gasteiger partial charge is 0.289 e. The molecule has 0 atom stereocenters. The average molecular weight is 341 g/mol. The molecule has 2 aromatic rings. The molecular formula is C19H23N3O3. The Labute approximate surface area is 146 Å². The number of benzene rings is 1. The topological polar surface area (TPSA) is 65.8 Å². The van der Waals surface area contributed by atoms with Crippen LogP contribution in [-0.2, 0) is 4.79 Å². The molecule has 2 aliphatic rings. The Morgan fingerprint density at radius 2 is 1.96 bits per heavy atom. The summed E-state index contributed by atoms with van der Waals surface area (Å²) in [5.74, 6) is 0.414. The lowest BCUT2D eigenvalue weighted by molar-refractivity contribution is -0.122. The average Bonchev–Trinajstić information content (AvgIpc) is 3.29. The number of carbonyl (C=O) groups is 2. The van der Waals surface area contributed by atoms with Crippen molar-refractivity contribution >= 4 is 22.8 Å². The third-order valence-corrected chi connectivity index (χ3v) is 4.92. The third-order valence-electron chi connectivity index (χ3n) is 4.92. The molecule has 6 heteroatoms. The number of aryl methyl sites for hydroxylation is 1. The number of hydrogen-bond donors (Lipinski definition) is 1. The molecule has 0 spiro atoms. The van der Waals surface area contributed by atoms with Gasteiger partial charge in [0.15, 0.2) is 5.76 Å². The van der Waals surface area contributed by atoms with Crippen LogP contribution in [0.15, 0.2) is 28.7 Å². The number of hydrogen-bond acceptors (Lipinski definition) is 4. The highest BCUT2D eigenvalue weighted by Gasteiger charge is 2.27. The van der Waals surface area contributed by atoms with Crippen molar-refractivity contribution in [3.05, 3.63) is 35.6 Å². The molecule has 2 amide bonds. The number of furan rings is 1. The molecular weight excluding hydrogens is 318 g/mol. The molecule has 0 bridgehead atoms. The molecule has 1 saturated carbocycles. The van der Waals surface area contributed by atoms with E-state index in [0.717, 1.165) is 29.4 Å². The van der Waals surface area contributed by atoms with Gasteiger partial charge in [-0.15, -0.1) is 0 Å². The van der Waals surface area contributed by atoms with Crippen LogP contribution in [0.2, 0.25) is 0 Å². The minimum atomic E-state index is -0.0716. The van der Waals surface area contributed by atoms with Crippen molar-refractivity contribution in [3.63, 3.8) is 0 Å². The Kier molecular flexibility index (Phi) is 4.21. The van der Waals surface area contributed by atoms with Crippen molar-refractivity contribution in [1.82, 2.24) is 15.1 Å². The lowest BCUT2D eigenvalue weighted by atomic mass is 10.2. The maximum Gasteiger partial charge on any atom is 0.289 e. The Bertz CT molecular complexity index is 801. The van der Waals surface area contributed by atoms with Crippen LogP contribution in [0.25, 0.3) is 11.0 Å². The number of piperazine rings is 1. The fourth-order valence-corrected chi connectivity index (χ4v) is 3.28. The molecule has 0 radical (unpaired) electrons. The van der Waals surface area contributed by atoms with Gasteiger partial charge >= 0.3 is 0 Å². The zero-order chi connectivity index (χ0) is 17.4. The molecule has 1 N–H and O–H groups in total. The minimum Gasteiger partial charge on any atom is -0.451 e. The van der Waals surface area contributed by atoms with E-state index in [4.69, 9.17) is 4.42 Å². The maximum atomic E-state index is 12.7. The Morgan fingerprint density at radius 3 is 2.64 bits per heavy atom. The van der Waals surface area contributed by atoms with Gasteiger partial charge in [-0.2, -0.15) is 0 Å². The number of nitrogens with zero attached hydrogens (tertiary/aromatic N) is 2. The second kappa shape index (κ2) is 6.52. The van der Waals surface area contributed by atoms with Crippen LogP contribution in [-0.4, -0.2) is 60.4 Å². The summed E-state index contributed by atoms with van der Waals surface area (Å²) in [4.78, 5) is 28.5. The van der Waals surface area contributed by atoms with Crippen molar-refractivity contribution in [2.24, 2.45) is 0 Å². The molecule has 1 aliphatic carbocycles. The number of para-hydroxylation sites is 1. The van der Waals surface area contributed by atoms with Crippen molar-refractivity contribution < 1.29 is 14.0 Å². The van der Waals surface area contributed by atoms with Crippen molar-refractivity contribution in [2.45, 2.75) is 25.8 Å². The van der Waals surface area contributed by atoms with E-state index >= 15 is 0 Å². The van der Waals surface area contributed by atoms with E-state index in [1.165, 1.54) is 0 Å². The normalized spacial score (nSPS) is 18.5. The van der Waals surface area contributed by atoms with E-state index in [-0.39, 0.29) is 11.8 Å². The van der Waals surface area contributed by atoms with Crippen LogP contribution < -0.4 is 5.32 Å². The Hall–Kier alpha value is -2.34. The predicted molar refractivity (Wildman–Crippen MR) is 94.5 cm³/mol. The monoisotopic (exact) mass is 341 g/mol. The summed E-state index contributed by atoms with van der Waals surface area (Å²) in [5, 5.41) is 3.96. The van der Waals surface area contributed by atoms with E-state index in [9.17, 15) is 9.59 Å². The molecule has 4 rings (SSSR count). The van der Waals surface area contributed by atoms with Crippen LogP contribution in [0.3, 0.4) is 0 Å². The van der Waals surface area contributed by atoms with Crippen LogP contribution >= 0.6 is 0 Å². The van der Waals surface area contributed by atoms with Crippen molar-refractivity contribution in [1.29, 1.82) is 0 Å². The molecule has 1 saturated heterocycles. The first-order valence-corrected chi connectivity index (χ1v) is 8.90. The highest BCUT2D eigenvalue weighted by molar-refractivity contribution is 5.96. The van der Waals surface area contributed by atoms with E-state index in [0.29, 0.717) is 44.5 Å². The number of rotatable bonds is 4. The second-order valence-corrected chi connectivity index (χ2v) is 7.01. The summed E-state index contributed by atoms with van der Waals surface area (Å²) in [6, 6.07) is 8.12. The number of carbonyl (C=O) groups excluding carboxylic acids is 2. The predicted octanol–water partition coefficient (Wildman–Crippen LogP) is 1.78. The van der Waals surface area contributed by atoms with Gasteiger partial charge in [0.2, 0.25) is 5.91 Å². The molecule has 2 fully saturated rings. The molecule has 6 nitrogen and oxygen atoms in total. The van der Waals surface area contributed by atoms with Crippen LogP contribution in [0.4, 0.5) is 0 Å². The summed E-state index contributed by atoms with van der Waals surface area (Å²) in [6.07, 6.45) is 2.20. The van der Waals surface area contributed by atoms with Gasteiger partial charge in [-0.25, -0.2) is 0 Å². The Morgan fingerprint density at radius 1 is 1.20 bits per heavy atom. The summed E-state index contributed by atoms with van der Waals surface area (Å²) in [7, 11) is 0. The molecule has 2 heterocycles. The Balaban J connectivity index is 1.35. The van der Waals surface area contributed by atoms with Crippen LogP contribution in [0, 0.1) is 6.92 Å². The van der Waals surface area contributed by atoms with Gasteiger partial charge in [0.25, 0.3) is 5.91 Å². The first-order valence-electron chi connectivity index (χ1n) is 8.90. The van der Waals surface area contributed by atoms with Gasteiger partial charge < -0.3 is 14.6 Å². The SMILES string of the molecule is Cc1cccc2cc(C(=O)N3CCN(CC(=O)NC4CC4)CC3)oc12. The first kappa shape index (κ1) is 16.1. The van der Waals surface area contributed by atoms with Gasteiger partial charge in [-0.1, -0.05) is 18.2 Å². The summed E-state index contributed by atoms with van der Waals surface area (Å²) in [6.45, 7) is 5.05. The molecule has 1 aromatic carbocycles. The molecule has 0 unspecified atom stereocenters. The largest absolute Gasteiger partial charge is 0.451 e. The van der Waals surface area contributed by atoms with E-state index in [2.05, 4.69) is 10.2 Å². The lowest BCUT2D eigenvalue weighted by Gasteiger charge is -2.33. The summed E-state index contributed by atoms with van der Waals surface area (Å²) < 4.78 is 5.79. The van der Waals surface area contributed by atoms with Crippen molar-refractivity contribution in [2.75, 3.05) is 32.7 Å². The number of nitrogens with one attached hydrogen (secondary N) is 1. The van der Waals surface area contributed by atoms with Gasteiger partial charge in [0, 0.05) is 37.6 Å². The maximum absolute atomic E-state index is 12.7. The highest BCUT2D eigenvalue weighted by Crippen LogP contribution is 2.24. The summed E-state index contributed by atoms with van der Waals surface area (Å²) in [5.41, 5.74) is 1.81. The van der Waals surface area contributed by atoms with E-state index in [1.807, 2.05) is 36.1 Å². The molecule has 25 heavy (non-hydrogen) atoms. The minimum absolute atomic E-state index is 0.0716. The standard InChI is InChI=1S/C19H23N3O3/c1-13-3-2-4-14-11-16(25-18(13)14)19(24)22-9-7-21(8-10-22)12-17(23)20-15-5-6-15/h2-4,11,15H,5-10,12H2,1H3,(H,20,23). The zero-order valence-corrected chi connectivity index (χ0v) is 14.5. The van der Waals surface area contributed by atoms with Crippen molar-refractivity contribution in [3.8, 4) is 0 Å². The molecule has 1 aromatic heterocycles. The molecule has 132 valence electrons. The quantitative estimate of drug-likeness (QED) is 0.921. The van der Waals surface area contributed by atoms with Gasteiger partial charge in [-0.3, -0.25) is 14.5 Å². The van der Waals surface area contributed by atoms with Gasteiger partial charge in [-0.05, 0) is 31.4 Å². The van der Waals surface area contributed by atoms with Crippen LogP contribution in [0.5, 0.6) is 0 Å². The summed E-state index contributed by atoms with van der Waals surface area (Å²) >= 11 is 0. The second-order valence-electron chi connectivity index (χ2n) is 7.01. The number of fused-ring (bicyclic) bond motifs is 1. The molecule has 1 aliphatic heterocycles. The van der Waals surface area contributed by atoms with Crippen LogP contribution in [0.1, 0.15) is 29.0 Å². The zero-order valence-electron chi connectivity index (χ0n) is 14.5. The number of amides is 2. The van der Waals surface area contributed by atoms with E-state index in [1.54, 1.807) is 0 Å². The van der Waals surface area contributed by atoms with Gasteiger partial charge in [0.05, 0.1) is 6.54 Å². The fraction of sp³-hybridized carbons (Fsp3) is 0.474. The third kappa shape index (κ3) is 3.54. The first-order chi connectivity index (χ1) is 12.1. The van der Waals surface area contributed by atoms with E-state index < -0.39 is 0 Å².